The summed E-state index contributed by atoms with van der Waals surface area (Å²) >= 11 is 0. The van der Waals surface area contributed by atoms with Gasteiger partial charge in [0, 0.05) is 19.6 Å². The summed E-state index contributed by atoms with van der Waals surface area (Å²) < 4.78 is 5.20. The van der Waals surface area contributed by atoms with Gasteiger partial charge in [0.05, 0.1) is 13.2 Å². The molecule has 0 spiro atoms. The molecule has 1 N–H and O–H groups in total. The molecule has 0 bridgehead atoms. The number of rotatable bonds is 8. The van der Waals surface area contributed by atoms with Crippen molar-refractivity contribution in [1.29, 1.82) is 0 Å². The van der Waals surface area contributed by atoms with Crippen LogP contribution in [0.3, 0.4) is 0 Å². The van der Waals surface area contributed by atoms with Gasteiger partial charge in [-0.1, -0.05) is 6.08 Å². The fourth-order valence-electron chi connectivity index (χ4n) is 0.739. The summed E-state index contributed by atoms with van der Waals surface area (Å²) in [6.45, 7) is 7.98. The first-order valence-corrected chi connectivity index (χ1v) is 4.31. The highest BCUT2D eigenvalue weighted by Crippen LogP contribution is 1.74. The van der Waals surface area contributed by atoms with E-state index in [0.717, 1.165) is 26.2 Å². The maximum absolute atomic E-state index is 5.20. The number of nitrogens with one attached hydrogen (secondary N) is 1. The third-order valence-corrected chi connectivity index (χ3v) is 1.39. The van der Waals surface area contributed by atoms with Gasteiger partial charge in [-0.2, -0.15) is 0 Å². The summed E-state index contributed by atoms with van der Waals surface area (Å²) in [6.07, 6.45) is 1.76. The SMILES string of the molecule is C=CCOCCNCCN(C)C. The van der Waals surface area contributed by atoms with Crippen LogP contribution in [0.1, 0.15) is 0 Å². The Kier molecular flexibility index (Phi) is 8.44. The first-order chi connectivity index (χ1) is 5.77. The Morgan fingerprint density at radius 1 is 1.42 bits per heavy atom. The molecule has 0 radical (unpaired) electrons. The van der Waals surface area contributed by atoms with Crippen molar-refractivity contribution in [2.24, 2.45) is 0 Å². The van der Waals surface area contributed by atoms with Crippen molar-refractivity contribution in [2.75, 3.05) is 46.9 Å². The van der Waals surface area contributed by atoms with Crippen LogP contribution in [-0.4, -0.2) is 51.8 Å². The summed E-state index contributed by atoms with van der Waals surface area (Å²) in [6, 6.07) is 0. The van der Waals surface area contributed by atoms with Crippen LogP contribution in [0.25, 0.3) is 0 Å². The minimum atomic E-state index is 0.648. The molecule has 0 aliphatic heterocycles. The molecule has 0 unspecified atom stereocenters. The third-order valence-electron chi connectivity index (χ3n) is 1.39. The second-order valence-electron chi connectivity index (χ2n) is 2.92. The maximum Gasteiger partial charge on any atom is 0.0645 e. The van der Waals surface area contributed by atoms with Crippen molar-refractivity contribution in [3.8, 4) is 0 Å². The van der Waals surface area contributed by atoms with Crippen molar-refractivity contribution < 1.29 is 4.74 Å². The Morgan fingerprint density at radius 2 is 2.17 bits per heavy atom. The van der Waals surface area contributed by atoms with Crippen LogP contribution in [0.15, 0.2) is 12.7 Å². The van der Waals surface area contributed by atoms with Gasteiger partial charge in [0.1, 0.15) is 0 Å². The topological polar surface area (TPSA) is 24.5 Å². The van der Waals surface area contributed by atoms with Gasteiger partial charge >= 0.3 is 0 Å². The smallest absolute Gasteiger partial charge is 0.0645 e. The van der Waals surface area contributed by atoms with E-state index in [9.17, 15) is 0 Å². The lowest BCUT2D eigenvalue weighted by Crippen LogP contribution is -2.28. The van der Waals surface area contributed by atoms with Crippen molar-refractivity contribution >= 4 is 0 Å². The molecule has 72 valence electrons. The number of nitrogens with zero attached hydrogens (tertiary/aromatic N) is 1. The average molecular weight is 172 g/mol. The van der Waals surface area contributed by atoms with E-state index in [4.69, 9.17) is 4.74 Å². The van der Waals surface area contributed by atoms with E-state index in [1.807, 2.05) is 0 Å². The van der Waals surface area contributed by atoms with Crippen molar-refractivity contribution in [2.45, 2.75) is 0 Å². The van der Waals surface area contributed by atoms with Gasteiger partial charge in [-0.15, -0.1) is 6.58 Å². The first-order valence-electron chi connectivity index (χ1n) is 4.31. The summed E-state index contributed by atoms with van der Waals surface area (Å²) in [5, 5.41) is 3.27. The first kappa shape index (κ1) is 11.6. The molecule has 0 amide bonds. The summed E-state index contributed by atoms with van der Waals surface area (Å²) in [5.41, 5.74) is 0. The lowest BCUT2D eigenvalue weighted by atomic mass is 10.5. The van der Waals surface area contributed by atoms with E-state index in [-0.39, 0.29) is 0 Å². The second kappa shape index (κ2) is 8.71. The molecule has 0 aliphatic carbocycles. The lowest BCUT2D eigenvalue weighted by Gasteiger charge is -2.09. The van der Waals surface area contributed by atoms with Gasteiger partial charge in [-0.3, -0.25) is 0 Å². The zero-order chi connectivity index (χ0) is 9.23. The summed E-state index contributed by atoms with van der Waals surface area (Å²) in [7, 11) is 4.13. The number of hydrogen-bond donors (Lipinski definition) is 1. The van der Waals surface area contributed by atoms with Gasteiger partial charge in [0.15, 0.2) is 0 Å². The van der Waals surface area contributed by atoms with Crippen LogP contribution in [0.2, 0.25) is 0 Å². The van der Waals surface area contributed by atoms with Crippen LogP contribution >= 0.6 is 0 Å². The Bertz CT molecular complexity index is 105. The molecule has 0 aromatic carbocycles. The van der Waals surface area contributed by atoms with E-state index in [2.05, 4.69) is 30.9 Å². The Balaban J connectivity index is 2.86. The highest BCUT2D eigenvalue weighted by atomic mass is 16.5. The molecule has 0 fully saturated rings. The van der Waals surface area contributed by atoms with Crippen molar-refractivity contribution in [1.82, 2.24) is 10.2 Å². The Labute approximate surface area is 75.4 Å². The predicted octanol–water partition coefficient (Wildman–Crippen LogP) is 0.340. The number of ether oxygens (including phenoxy) is 1. The van der Waals surface area contributed by atoms with E-state index < -0.39 is 0 Å². The van der Waals surface area contributed by atoms with Gasteiger partial charge in [-0.25, -0.2) is 0 Å². The van der Waals surface area contributed by atoms with Gasteiger partial charge in [-0.05, 0) is 14.1 Å². The third kappa shape index (κ3) is 9.62. The highest BCUT2D eigenvalue weighted by molar-refractivity contribution is 4.63. The van der Waals surface area contributed by atoms with E-state index in [0.29, 0.717) is 6.61 Å². The summed E-state index contributed by atoms with van der Waals surface area (Å²) in [5.74, 6) is 0. The molecule has 0 rings (SSSR count). The maximum atomic E-state index is 5.20. The van der Waals surface area contributed by atoms with E-state index in [1.54, 1.807) is 6.08 Å². The minimum Gasteiger partial charge on any atom is -0.376 e. The van der Waals surface area contributed by atoms with Crippen LogP contribution in [-0.2, 0) is 4.74 Å². The van der Waals surface area contributed by atoms with Gasteiger partial charge < -0.3 is 15.0 Å². The average Bonchev–Trinajstić information content (AvgIpc) is 2.02. The monoisotopic (exact) mass is 172 g/mol. The fraction of sp³-hybridized carbons (Fsp3) is 0.778. The molecule has 3 nitrogen and oxygen atoms in total. The highest BCUT2D eigenvalue weighted by Gasteiger charge is 1.89. The zero-order valence-corrected chi connectivity index (χ0v) is 8.18. The van der Waals surface area contributed by atoms with Crippen LogP contribution in [0.4, 0.5) is 0 Å². The zero-order valence-electron chi connectivity index (χ0n) is 8.18. The molecule has 0 aromatic heterocycles. The number of likely N-dealkylation sites (N-methyl/N-ethyl adjacent to an activating group) is 1. The molecule has 0 aliphatic rings. The molecule has 0 atom stereocenters. The molecular weight excluding hydrogens is 152 g/mol. The normalized spacial score (nSPS) is 10.6. The Morgan fingerprint density at radius 3 is 2.75 bits per heavy atom. The van der Waals surface area contributed by atoms with Crippen LogP contribution in [0.5, 0.6) is 0 Å². The molecule has 0 aromatic rings. The van der Waals surface area contributed by atoms with E-state index in [1.165, 1.54) is 0 Å². The largest absolute Gasteiger partial charge is 0.376 e. The predicted molar refractivity (Wildman–Crippen MR) is 52.4 cm³/mol. The van der Waals surface area contributed by atoms with Gasteiger partial charge in [0.2, 0.25) is 0 Å². The lowest BCUT2D eigenvalue weighted by molar-refractivity contribution is 0.163. The van der Waals surface area contributed by atoms with Crippen LogP contribution < -0.4 is 5.32 Å². The molecule has 0 saturated heterocycles. The fourth-order valence-corrected chi connectivity index (χ4v) is 0.739. The molecular formula is C9H20N2O. The minimum absolute atomic E-state index is 0.648. The molecule has 0 heterocycles. The Hall–Kier alpha value is -0.380. The van der Waals surface area contributed by atoms with Crippen molar-refractivity contribution in [3.63, 3.8) is 0 Å². The molecule has 0 saturated carbocycles. The standard InChI is InChI=1S/C9H20N2O/c1-4-8-12-9-6-10-5-7-11(2)3/h4,10H,1,5-9H2,2-3H3. The van der Waals surface area contributed by atoms with Crippen LogP contribution in [0, 0.1) is 0 Å². The van der Waals surface area contributed by atoms with Crippen molar-refractivity contribution in [3.05, 3.63) is 12.7 Å². The van der Waals surface area contributed by atoms with Gasteiger partial charge in [0.25, 0.3) is 0 Å². The molecule has 3 heteroatoms. The van der Waals surface area contributed by atoms with E-state index >= 15 is 0 Å². The summed E-state index contributed by atoms with van der Waals surface area (Å²) in [4.78, 5) is 2.15. The molecule has 12 heavy (non-hydrogen) atoms. The number of hydrogen-bond acceptors (Lipinski definition) is 3. The second-order valence-corrected chi connectivity index (χ2v) is 2.92. The quantitative estimate of drug-likeness (QED) is 0.422.